The summed E-state index contributed by atoms with van der Waals surface area (Å²) in [4.78, 5) is 66.3. The maximum atomic E-state index is 15.2. The minimum atomic E-state index is -4.02. The van der Waals surface area contributed by atoms with Gasteiger partial charge >= 0.3 is 326 Å². The van der Waals surface area contributed by atoms with Crippen LogP contribution >= 0.6 is 0 Å². The number of sulfonamides is 1. The van der Waals surface area contributed by atoms with Crippen molar-refractivity contribution in [1.29, 1.82) is 0 Å². The summed E-state index contributed by atoms with van der Waals surface area (Å²) in [5, 5.41) is 6.74. The number of sulfone groups is 1. The Hall–Kier alpha value is -3.76. The number of para-hydroxylation sites is 1. The van der Waals surface area contributed by atoms with E-state index in [0.29, 0.717) is 81.7 Å². The van der Waals surface area contributed by atoms with Gasteiger partial charge in [0.15, 0.2) is 0 Å². The Bertz CT molecular complexity index is 2510. The molecule has 3 aliphatic carbocycles. The zero-order valence-electron chi connectivity index (χ0n) is 39.1. The molecule has 0 unspecified atom stereocenters. The predicted molar refractivity (Wildman–Crippen MR) is 250 cm³/mol. The number of aromatic nitrogens is 1. The van der Waals surface area contributed by atoms with E-state index in [1.54, 1.807) is 13.0 Å². The van der Waals surface area contributed by atoms with Crippen LogP contribution in [0.5, 0.6) is 11.6 Å². The molecule has 68 heavy (non-hydrogen) atoms. The molecule has 6 fully saturated rings. The number of nitrogens with one attached hydrogen (secondary N) is 3. The van der Waals surface area contributed by atoms with E-state index in [-0.39, 0.29) is 42.8 Å². The van der Waals surface area contributed by atoms with Crippen molar-refractivity contribution in [1.82, 2.24) is 30.1 Å². The number of rotatable bonds is 12. The molecule has 20 heteroatoms. The molecule has 17 nitrogen and oxygen atoms in total. The van der Waals surface area contributed by atoms with Crippen molar-refractivity contribution in [3.05, 3.63) is 42.5 Å². The summed E-state index contributed by atoms with van der Waals surface area (Å²) in [5.74, 6) is -0.680. The Morgan fingerprint density at radius 1 is 0.971 bits per heavy atom. The number of fused-ring (bicyclic) bond motifs is 5. The van der Waals surface area contributed by atoms with E-state index in [9.17, 15) is 31.2 Å². The second kappa shape index (κ2) is 19.8. The summed E-state index contributed by atoms with van der Waals surface area (Å²) in [6, 6.07) is 5.63. The molecule has 7 aliphatic rings. The molecule has 9 rings (SSSR count). The second-order valence-electron chi connectivity index (χ2n) is 20.4. The van der Waals surface area contributed by atoms with E-state index >= 15 is 4.79 Å². The van der Waals surface area contributed by atoms with Gasteiger partial charge in [0.05, 0.1) is 5.75 Å². The Morgan fingerprint density at radius 2 is 1.68 bits per heavy atom. The number of benzene rings is 1. The first-order valence-corrected chi connectivity index (χ1v) is 30.4. The van der Waals surface area contributed by atoms with Crippen molar-refractivity contribution in [2.75, 3.05) is 38.2 Å². The molecule has 3 N–H and O–H groups in total. The van der Waals surface area contributed by atoms with Crippen molar-refractivity contribution >= 4 is 54.6 Å². The third-order valence-electron chi connectivity index (χ3n) is 15.2. The van der Waals surface area contributed by atoms with Gasteiger partial charge < -0.3 is 4.90 Å². The van der Waals surface area contributed by atoms with Crippen LogP contribution in [0.3, 0.4) is 0 Å². The molecule has 374 valence electrons. The van der Waals surface area contributed by atoms with Gasteiger partial charge in [-0.2, -0.15) is 0 Å². The third kappa shape index (κ3) is 10.9. The van der Waals surface area contributed by atoms with Crippen molar-refractivity contribution in [2.45, 2.75) is 152 Å². The Labute approximate surface area is 410 Å². The zero-order chi connectivity index (χ0) is 48.0. The van der Waals surface area contributed by atoms with E-state index in [1.807, 2.05) is 24.3 Å². The normalized spacial score (nSPS) is 30.6. The van der Waals surface area contributed by atoms with Gasteiger partial charge in [-0.3, -0.25) is 0 Å². The van der Waals surface area contributed by atoms with Gasteiger partial charge in [0.25, 0.3) is 0 Å². The van der Waals surface area contributed by atoms with Crippen molar-refractivity contribution in [2.24, 2.45) is 11.8 Å². The molecular weight excluding hydrogens is 1030 g/mol. The first-order valence-electron chi connectivity index (χ1n) is 24.5. The van der Waals surface area contributed by atoms with Crippen LogP contribution < -0.4 is 46.0 Å². The van der Waals surface area contributed by atoms with Crippen LogP contribution in [0.15, 0.2) is 36.9 Å². The molecule has 1 aromatic heterocycles. The third-order valence-corrected chi connectivity index (χ3v) is 22.1. The van der Waals surface area contributed by atoms with E-state index in [0.717, 1.165) is 62.3 Å². The average Bonchev–Trinajstić information content (AvgIpc) is 4.27. The first-order chi connectivity index (χ1) is 32.5. The molecule has 5 heterocycles. The molecule has 0 spiro atoms. The summed E-state index contributed by atoms with van der Waals surface area (Å²) < 4.78 is 69.5. The number of alkyl halides is 2. The number of nitrogens with zero attached hydrogens (tertiary/aromatic N) is 3. The monoisotopic (exact) mass is 1090 g/mol. The minimum absolute atomic E-state index is 0.0243. The summed E-state index contributed by atoms with van der Waals surface area (Å²) in [6.07, 6.45) is 12.4. The van der Waals surface area contributed by atoms with Crippen LogP contribution in [-0.2, 0) is 45.4 Å². The quantitative estimate of drug-likeness (QED) is 0.118. The number of hydrogen-bond acceptors (Lipinski definition) is 13. The van der Waals surface area contributed by atoms with Gasteiger partial charge in [-0.05, 0) is 19.3 Å². The SMILES string of the molecule is C=C[C@@H]1[I-][C@]1(NC(=O)[C@@H]1C[C@@H]2CN1C(=O)[C@H](C1CCCCC1)NC(=O)O[C@@H]1C[C@H]1CCCCCc1c(nc3ccccc3c1OC1CCN(CCS(C)(=O)=O)CC1)O2)C(=O)NS(=O)(=O)C1(C)CC1. The van der Waals surface area contributed by atoms with Crippen LogP contribution in [0, 0.1) is 11.8 Å². The van der Waals surface area contributed by atoms with Crippen molar-refractivity contribution in [3.63, 3.8) is 0 Å². The van der Waals surface area contributed by atoms with Gasteiger partial charge in [0.1, 0.15) is 9.84 Å². The van der Waals surface area contributed by atoms with Gasteiger partial charge in [0, 0.05) is 25.9 Å². The van der Waals surface area contributed by atoms with E-state index < -0.39 is 95.3 Å². The topological polar surface area (TPSA) is 220 Å². The Kier molecular flexibility index (Phi) is 14.3. The van der Waals surface area contributed by atoms with Gasteiger partial charge in [-0.15, -0.1) is 0 Å². The van der Waals surface area contributed by atoms with Crippen molar-refractivity contribution in [3.8, 4) is 11.6 Å². The number of carbonyl (C=O) groups excluding carboxylic acids is 4. The number of likely N-dealkylation sites (tertiary alicyclic amines) is 1. The number of halogens is 1. The molecule has 0 radical (unpaired) electrons. The molecule has 1 aromatic carbocycles. The fraction of sp³-hybridized carbons (Fsp3) is 0.688. The van der Waals surface area contributed by atoms with Crippen LogP contribution in [0.2, 0.25) is 0 Å². The van der Waals surface area contributed by atoms with Gasteiger partial charge in [-0.1, -0.05) is 12.5 Å². The average molecular weight is 1090 g/mol. The molecule has 2 aromatic rings. The number of ether oxygens (including phenoxy) is 3. The Morgan fingerprint density at radius 3 is 2.37 bits per heavy atom. The number of carbonyl (C=O) groups is 4. The summed E-state index contributed by atoms with van der Waals surface area (Å²) in [6.45, 7) is 7.31. The number of alkyl carbamates (subject to hydrolysis) is 1. The fourth-order valence-electron chi connectivity index (χ4n) is 10.5. The summed E-state index contributed by atoms with van der Waals surface area (Å²) >= 11 is -1.09. The molecule has 2 bridgehead atoms. The second-order valence-corrected chi connectivity index (χ2v) is 28.5. The summed E-state index contributed by atoms with van der Waals surface area (Å²) in [5.41, 5.74) is 1.46. The summed E-state index contributed by atoms with van der Waals surface area (Å²) in [7, 11) is -7.11. The van der Waals surface area contributed by atoms with E-state index in [4.69, 9.17) is 19.2 Å². The molecule has 4 aliphatic heterocycles. The van der Waals surface area contributed by atoms with Crippen LogP contribution in [0.1, 0.15) is 109 Å². The molecule has 4 amide bonds. The van der Waals surface area contributed by atoms with Crippen LogP contribution in [-0.4, -0.2) is 136 Å². The van der Waals surface area contributed by atoms with Crippen LogP contribution in [0.25, 0.3) is 10.9 Å². The maximum absolute atomic E-state index is 15.2. The predicted octanol–water partition coefficient (Wildman–Crippen LogP) is 1.12. The fourth-order valence-corrected chi connectivity index (χ4v) is 15.2. The van der Waals surface area contributed by atoms with Crippen LogP contribution in [0.4, 0.5) is 4.79 Å². The van der Waals surface area contributed by atoms with E-state index in [2.05, 4.69) is 26.8 Å². The van der Waals surface area contributed by atoms with Gasteiger partial charge in [-0.25, -0.2) is 8.42 Å². The molecule has 7 atom stereocenters. The molecule has 3 saturated heterocycles. The molecule has 3 saturated carbocycles. The number of pyridine rings is 1. The van der Waals surface area contributed by atoms with Gasteiger partial charge in [0.2, 0.25) is 0 Å². The standard InChI is InChI=1S/C48H66IN6O11S2/c1-4-39-48(49-39,45(58)53-68(62,63)47(2)21-22-47)52-42(56)37-28-33-29-55(37)44(57)40(30-13-7-5-8-14-30)51-46(59)66-38-27-31(38)15-9-6-10-17-35-41(34-16-11-12-18-36(34)50-43(35)65-33)64-32-19-23-54(24-20-32)25-26-67(3,60)61/h4,11-12,16,18,30-33,37-40H,1,5-10,13-15,17,19-29H2,2-3H3,(H,51,59)(H,52,56)(H,53,58)/q-1/t31-,33-,37+,38-,39+,40+,48-/m1/s1. The number of piperidine rings is 1. The Balaban J connectivity index is 1.04. The first kappa shape index (κ1) is 49.2. The zero-order valence-corrected chi connectivity index (χ0v) is 42.9. The van der Waals surface area contributed by atoms with E-state index in [1.165, 1.54) is 11.2 Å². The molecular formula is C48H66IN6O11S2-. The number of amides is 4. The van der Waals surface area contributed by atoms with Crippen molar-refractivity contribution < 1.29 is 71.4 Å². The number of hydrogen-bond donors (Lipinski definition) is 3.